The minimum absolute atomic E-state index is 0.0511. The number of hydrogen-bond acceptors (Lipinski definition) is 8. The van der Waals surface area contributed by atoms with E-state index in [0.717, 1.165) is 29.1 Å². The fourth-order valence-electron chi connectivity index (χ4n) is 3.50. The predicted octanol–water partition coefficient (Wildman–Crippen LogP) is 3.58. The monoisotopic (exact) mass is 456 g/mol. The van der Waals surface area contributed by atoms with Crippen molar-refractivity contribution in [2.45, 2.75) is 6.92 Å². The van der Waals surface area contributed by atoms with Crippen LogP contribution in [-0.2, 0) is 4.74 Å². The van der Waals surface area contributed by atoms with Crippen LogP contribution in [0, 0.1) is 10.1 Å². The molecule has 0 atom stereocenters. The van der Waals surface area contributed by atoms with E-state index in [2.05, 4.69) is 9.88 Å². The molecule has 0 bridgehead atoms. The van der Waals surface area contributed by atoms with Gasteiger partial charge < -0.3 is 9.47 Å². The van der Waals surface area contributed by atoms with E-state index in [1.54, 1.807) is 4.90 Å². The molecule has 0 saturated carbocycles. The summed E-state index contributed by atoms with van der Waals surface area (Å²) in [5.74, 6) is 0.522. The number of non-ortho nitro benzene ring substituents is 1. The van der Waals surface area contributed by atoms with Gasteiger partial charge in [0.1, 0.15) is 5.75 Å². The Hall–Kier alpha value is -3.08. The fourth-order valence-corrected chi connectivity index (χ4v) is 4.51. The number of amides is 1. The van der Waals surface area contributed by atoms with E-state index >= 15 is 0 Å². The molecule has 1 saturated heterocycles. The van der Waals surface area contributed by atoms with E-state index in [4.69, 9.17) is 9.47 Å². The van der Waals surface area contributed by atoms with Crippen LogP contribution in [-0.4, -0.2) is 66.7 Å². The molecular weight excluding hydrogens is 432 g/mol. The third-order valence-electron chi connectivity index (χ3n) is 5.20. The van der Waals surface area contributed by atoms with E-state index in [1.807, 2.05) is 25.1 Å². The number of benzene rings is 2. The predicted molar refractivity (Wildman–Crippen MR) is 123 cm³/mol. The maximum atomic E-state index is 13.4. The lowest BCUT2D eigenvalue weighted by atomic mass is 10.2. The average Bonchev–Trinajstić information content (AvgIpc) is 3.23. The van der Waals surface area contributed by atoms with Crippen LogP contribution < -0.4 is 9.64 Å². The highest BCUT2D eigenvalue weighted by Gasteiger charge is 2.23. The second kappa shape index (κ2) is 10.0. The number of nitrogens with zero attached hydrogens (tertiary/aromatic N) is 4. The fraction of sp³-hybridized carbons (Fsp3) is 0.364. The Kier molecular flexibility index (Phi) is 6.93. The standard InChI is InChI=1S/C22H24N4O5S/c1-2-31-18-7-8-19-20(15-18)32-22(23-19)25(10-9-24-11-13-30-14-12-24)21(27)16-3-5-17(6-4-16)26(28)29/h3-8,15H,2,9-14H2,1H3. The van der Waals surface area contributed by atoms with Crippen molar-refractivity contribution in [2.24, 2.45) is 0 Å². The molecule has 1 aliphatic rings. The summed E-state index contributed by atoms with van der Waals surface area (Å²) in [4.78, 5) is 32.5. The van der Waals surface area contributed by atoms with Crippen molar-refractivity contribution in [3.05, 3.63) is 58.1 Å². The zero-order valence-electron chi connectivity index (χ0n) is 17.7. The third-order valence-corrected chi connectivity index (χ3v) is 6.25. The summed E-state index contributed by atoms with van der Waals surface area (Å²) in [6.45, 7) is 6.62. The van der Waals surface area contributed by atoms with Crippen LogP contribution in [0.3, 0.4) is 0 Å². The van der Waals surface area contributed by atoms with Crippen molar-refractivity contribution in [2.75, 3.05) is 50.9 Å². The Morgan fingerprint density at radius 1 is 1.25 bits per heavy atom. The molecule has 2 heterocycles. The van der Waals surface area contributed by atoms with Crippen LogP contribution in [0.4, 0.5) is 10.8 Å². The summed E-state index contributed by atoms with van der Waals surface area (Å²) in [5.41, 5.74) is 1.12. The van der Waals surface area contributed by atoms with Crippen LogP contribution in [0.2, 0.25) is 0 Å². The largest absolute Gasteiger partial charge is 0.494 e. The molecule has 0 aliphatic carbocycles. The number of carbonyl (C=O) groups is 1. The Balaban J connectivity index is 1.62. The lowest BCUT2D eigenvalue weighted by Gasteiger charge is -2.29. The maximum absolute atomic E-state index is 13.4. The summed E-state index contributed by atoms with van der Waals surface area (Å²) in [5, 5.41) is 11.6. The van der Waals surface area contributed by atoms with Gasteiger partial charge in [0.2, 0.25) is 0 Å². The molecule has 9 nitrogen and oxygen atoms in total. The molecule has 168 valence electrons. The second-order valence-electron chi connectivity index (χ2n) is 7.27. The first kappa shape index (κ1) is 22.1. The number of morpholine rings is 1. The van der Waals surface area contributed by atoms with Crippen molar-refractivity contribution in [1.82, 2.24) is 9.88 Å². The molecule has 4 rings (SSSR count). The van der Waals surface area contributed by atoms with Crippen molar-refractivity contribution < 1.29 is 19.2 Å². The van der Waals surface area contributed by atoms with Crippen molar-refractivity contribution >= 4 is 38.3 Å². The summed E-state index contributed by atoms with van der Waals surface area (Å²) in [6, 6.07) is 11.4. The van der Waals surface area contributed by atoms with Crippen LogP contribution in [0.1, 0.15) is 17.3 Å². The number of ether oxygens (including phenoxy) is 2. The molecule has 1 fully saturated rings. The van der Waals surface area contributed by atoms with Gasteiger partial charge in [0.15, 0.2) is 5.13 Å². The van der Waals surface area contributed by atoms with E-state index in [-0.39, 0.29) is 11.6 Å². The Bertz CT molecular complexity index is 1100. The van der Waals surface area contributed by atoms with Gasteiger partial charge in [-0.3, -0.25) is 24.7 Å². The van der Waals surface area contributed by atoms with Crippen LogP contribution in [0.15, 0.2) is 42.5 Å². The van der Waals surface area contributed by atoms with E-state index in [9.17, 15) is 14.9 Å². The van der Waals surface area contributed by atoms with Gasteiger partial charge in [-0.1, -0.05) is 11.3 Å². The van der Waals surface area contributed by atoms with Gasteiger partial charge in [0.05, 0.1) is 35.0 Å². The van der Waals surface area contributed by atoms with E-state index < -0.39 is 4.92 Å². The molecule has 32 heavy (non-hydrogen) atoms. The summed E-state index contributed by atoms with van der Waals surface area (Å²) in [6.07, 6.45) is 0. The van der Waals surface area contributed by atoms with Crippen molar-refractivity contribution in [3.63, 3.8) is 0 Å². The molecule has 2 aromatic carbocycles. The molecule has 3 aromatic rings. The smallest absolute Gasteiger partial charge is 0.269 e. The normalized spacial score (nSPS) is 14.4. The molecular formula is C22H24N4O5S. The first-order valence-electron chi connectivity index (χ1n) is 10.4. The topological polar surface area (TPSA) is 98.0 Å². The molecule has 1 aromatic heterocycles. The van der Waals surface area contributed by atoms with Crippen LogP contribution in [0.5, 0.6) is 5.75 Å². The zero-order chi connectivity index (χ0) is 22.5. The quantitative estimate of drug-likeness (QED) is 0.377. The number of rotatable bonds is 8. The number of hydrogen-bond donors (Lipinski definition) is 0. The summed E-state index contributed by atoms with van der Waals surface area (Å²) in [7, 11) is 0. The Morgan fingerprint density at radius 3 is 2.69 bits per heavy atom. The van der Waals surface area contributed by atoms with Gasteiger partial charge in [-0.2, -0.15) is 0 Å². The Morgan fingerprint density at radius 2 is 2.00 bits per heavy atom. The van der Waals surface area contributed by atoms with Crippen LogP contribution in [0.25, 0.3) is 10.2 Å². The minimum Gasteiger partial charge on any atom is -0.494 e. The zero-order valence-corrected chi connectivity index (χ0v) is 18.5. The van der Waals surface area contributed by atoms with Gasteiger partial charge in [-0.05, 0) is 37.3 Å². The van der Waals surface area contributed by atoms with Gasteiger partial charge in [0.25, 0.3) is 11.6 Å². The molecule has 1 aliphatic heterocycles. The van der Waals surface area contributed by atoms with Gasteiger partial charge >= 0.3 is 0 Å². The average molecular weight is 457 g/mol. The number of thiazole rings is 1. The van der Waals surface area contributed by atoms with Crippen molar-refractivity contribution in [1.29, 1.82) is 0 Å². The SMILES string of the molecule is CCOc1ccc2nc(N(CCN3CCOCC3)C(=O)c3ccc([N+](=O)[O-])cc3)sc2c1. The van der Waals surface area contributed by atoms with Crippen molar-refractivity contribution in [3.8, 4) is 5.75 Å². The molecule has 1 amide bonds. The van der Waals surface area contributed by atoms with E-state index in [0.29, 0.717) is 43.6 Å². The van der Waals surface area contributed by atoms with Gasteiger partial charge in [-0.15, -0.1) is 0 Å². The molecule has 0 N–H and O–H groups in total. The minimum atomic E-state index is -0.478. The number of nitro groups is 1. The number of aromatic nitrogens is 1. The molecule has 0 radical (unpaired) electrons. The lowest BCUT2D eigenvalue weighted by Crippen LogP contribution is -2.43. The Labute approximate surface area is 189 Å². The maximum Gasteiger partial charge on any atom is 0.269 e. The first-order valence-corrected chi connectivity index (χ1v) is 11.3. The van der Waals surface area contributed by atoms with Crippen LogP contribution >= 0.6 is 11.3 Å². The highest BCUT2D eigenvalue weighted by Crippen LogP contribution is 2.32. The summed E-state index contributed by atoms with van der Waals surface area (Å²) >= 11 is 1.43. The summed E-state index contributed by atoms with van der Waals surface area (Å²) < 4.78 is 11.9. The number of anilines is 1. The second-order valence-corrected chi connectivity index (χ2v) is 8.28. The number of carbonyl (C=O) groups excluding carboxylic acids is 1. The number of fused-ring (bicyclic) bond motifs is 1. The van der Waals surface area contributed by atoms with E-state index in [1.165, 1.54) is 35.6 Å². The highest BCUT2D eigenvalue weighted by molar-refractivity contribution is 7.22. The third kappa shape index (κ3) is 5.04. The molecule has 0 spiro atoms. The molecule has 0 unspecified atom stereocenters. The first-order chi connectivity index (χ1) is 15.5. The van der Waals surface area contributed by atoms with Gasteiger partial charge in [0, 0.05) is 43.9 Å². The molecule has 10 heteroatoms. The highest BCUT2D eigenvalue weighted by atomic mass is 32.1. The lowest BCUT2D eigenvalue weighted by molar-refractivity contribution is -0.384. The number of nitro benzene ring substituents is 1. The van der Waals surface area contributed by atoms with Gasteiger partial charge in [-0.25, -0.2) is 4.98 Å².